The molecule has 1 aromatic heterocycles. The molecule has 2 N–H and O–H groups in total. The number of nitrogens with zero attached hydrogens (tertiary/aromatic N) is 1. The molecule has 0 spiro atoms. The summed E-state index contributed by atoms with van der Waals surface area (Å²) in [4.78, 5) is 13.1. The zero-order valence-corrected chi connectivity index (χ0v) is 15.8. The van der Waals surface area contributed by atoms with E-state index in [9.17, 15) is 4.79 Å². The highest BCUT2D eigenvalue weighted by atomic mass is 35.5. The molecule has 7 heteroatoms. The molecule has 0 aliphatic rings. The number of carbonyl (C=O) groups is 1. The summed E-state index contributed by atoms with van der Waals surface area (Å²) in [6, 6.07) is 7.24. The van der Waals surface area contributed by atoms with Crippen molar-refractivity contribution in [1.29, 1.82) is 0 Å². The second kappa shape index (κ2) is 7.55. The fourth-order valence-corrected chi connectivity index (χ4v) is 2.60. The molecule has 1 atom stereocenters. The van der Waals surface area contributed by atoms with E-state index in [0.717, 1.165) is 16.2 Å². The van der Waals surface area contributed by atoms with Gasteiger partial charge in [0, 0.05) is 17.0 Å². The quantitative estimate of drug-likeness (QED) is 0.850. The number of nitrogens with one attached hydrogen (secondary N) is 2. The van der Waals surface area contributed by atoms with Gasteiger partial charge in [-0.25, -0.2) is 0 Å². The molecule has 24 heavy (non-hydrogen) atoms. The van der Waals surface area contributed by atoms with E-state index >= 15 is 0 Å². The molecule has 1 unspecified atom stereocenters. The predicted molar refractivity (Wildman–Crippen MR) is 95.8 cm³/mol. The Balaban J connectivity index is 1.92. The number of hydrogen-bond acceptors (Lipinski definition) is 3. The standard InChI is InChI=1S/C17H21Cl2N3O2/c1-17(2,3)13-8-15(24-21-13)20-14(23)10-22(4)9-11-6-5-7-12(18)16(11)19/h5-8H,9-10H2,1-4H3,(H,20,23)/p+1. The van der Waals surface area contributed by atoms with Gasteiger partial charge in [0.1, 0.15) is 6.54 Å². The first kappa shape index (κ1) is 18.8. The van der Waals surface area contributed by atoms with Crippen molar-refractivity contribution in [2.45, 2.75) is 32.7 Å². The van der Waals surface area contributed by atoms with Crippen LogP contribution in [0.4, 0.5) is 5.88 Å². The minimum absolute atomic E-state index is 0.127. The third-order valence-corrected chi connectivity index (χ3v) is 4.39. The number of aromatic nitrogens is 1. The van der Waals surface area contributed by atoms with Gasteiger partial charge < -0.3 is 9.42 Å². The molecule has 1 aromatic carbocycles. The summed E-state index contributed by atoms with van der Waals surface area (Å²) < 4.78 is 5.17. The van der Waals surface area contributed by atoms with Crippen LogP contribution in [0.5, 0.6) is 0 Å². The van der Waals surface area contributed by atoms with Gasteiger partial charge in [0.2, 0.25) is 5.88 Å². The van der Waals surface area contributed by atoms with Crippen LogP contribution in [0.3, 0.4) is 0 Å². The largest absolute Gasteiger partial charge is 0.338 e. The fraction of sp³-hybridized carbons (Fsp3) is 0.412. The Labute approximate surface area is 151 Å². The molecular weight excluding hydrogens is 349 g/mol. The fourth-order valence-electron chi connectivity index (χ4n) is 2.22. The first-order valence-corrected chi connectivity index (χ1v) is 8.43. The average Bonchev–Trinajstić information content (AvgIpc) is 2.92. The van der Waals surface area contributed by atoms with Crippen LogP contribution >= 0.6 is 23.2 Å². The Morgan fingerprint density at radius 3 is 2.67 bits per heavy atom. The smallest absolute Gasteiger partial charge is 0.281 e. The van der Waals surface area contributed by atoms with Crippen molar-refractivity contribution in [3.63, 3.8) is 0 Å². The summed E-state index contributed by atoms with van der Waals surface area (Å²) >= 11 is 12.2. The molecule has 2 aromatic rings. The normalized spacial score (nSPS) is 12.9. The van der Waals surface area contributed by atoms with E-state index in [1.807, 2.05) is 40.0 Å². The summed E-state index contributed by atoms with van der Waals surface area (Å²) in [7, 11) is 1.91. The molecule has 0 aliphatic carbocycles. The molecule has 0 radical (unpaired) electrons. The number of benzene rings is 1. The molecule has 0 aliphatic heterocycles. The zero-order valence-electron chi connectivity index (χ0n) is 14.2. The summed E-state index contributed by atoms with van der Waals surface area (Å²) in [5.41, 5.74) is 1.58. The molecule has 5 nitrogen and oxygen atoms in total. The van der Waals surface area contributed by atoms with Crippen LogP contribution in [0.15, 0.2) is 28.8 Å². The van der Waals surface area contributed by atoms with Crippen molar-refractivity contribution in [1.82, 2.24) is 5.16 Å². The molecule has 1 amide bonds. The Kier molecular flexibility index (Phi) is 5.91. The van der Waals surface area contributed by atoms with Crippen molar-refractivity contribution in [3.8, 4) is 0 Å². The lowest BCUT2D eigenvalue weighted by Gasteiger charge is -2.14. The third-order valence-electron chi connectivity index (χ3n) is 3.53. The maximum absolute atomic E-state index is 12.1. The predicted octanol–water partition coefficient (Wildman–Crippen LogP) is 2.93. The number of amides is 1. The Morgan fingerprint density at radius 2 is 2.04 bits per heavy atom. The van der Waals surface area contributed by atoms with Crippen molar-refractivity contribution in [2.75, 3.05) is 18.9 Å². The van der Waals surface area contributed by atoms with Crippen LogP contribution < -0.4 is 10.2 Å². The average molecular weight is 371 g/mol. The van der Waals surface area contributed by atoms with Gasteiger partial charge in [-0.2, -0.15) is 0 Å². The van der Waals surface area contributed by atoms with Crippen LogP contribution in [-0.4, -0.2) is 24.7 Å². The van der Waals surface area contributed by atoms with E-state index in [-0.39, 0.29) is 17.9 Å². The Bertz CT molecular complexity index is 723. The van der Waals surface area contributed by atoms with Crippen molar-refractivity contribution in [2.24, 2.45) is 0 Å². The van der Waals surface area contributed by atoms with Gasteiger partial charge in [-0.15, -0.1) is 0 Å². The molecule has 0 bridgehead atoms. The van der Waals surface area contributed by atoms with E-state index in [1.54, 1.807) is 12.1 Å². The van der Waals surface area contributed by atoms with Crippen molar-refractivity contribution >= 4 is 35.0 Å². The van der Waals surface area contributed by atoms with Crippen molar-refractivity contribution < 1.29 is 14.2 Å². The van der Waals surface area contributed by atoms with E-state index in [4.69, 9.17) is 27.7 Å². The lowest BCUT2D eigenvalue weighted by atomic mass is 9.92. The van der Waals surface area contributed by atoms with E-state index in [1.165, 1.54) is 0 Å². The van der Waals surface area contributed by atoms with Gasteiger partial charge in [0.25, 0.3) is 5.91 Å². The van der Waals surface area contributed by atoms with Gasteiger partial charge in [0.15, 0.2) is 6.54 Å². The topological polar surface area (TPSA) is 59.6 Å². The molecule has 0 saturated carbocycles. The van der Waals surface area contributed by atoms with Crippen LogP contribution in [0.2, 0.25) is 10.0 Å². The number of hydrogen-bond donors (Lipinski definition) is 2. The molecule has 2 rings (SSSR count). The Hall–Kier alpha value is -1.56. The number of rotatable bonds is 5. The highest BCUT2D eigenvalue weighted by Gasteiger charge is 2.20. The van der Waals surface area contributed by atoms with Crippen LogP contribution in [0, 0.1) is 0 Å². The monoisotopic (exact) mass is 370 g/mol. The van der Waals surface area contributed by atoms with Crippen LogP contribution in [-0.2, 0) is 16.8 Å². The highest BCUT2D eigenvalue weighted by Crippen LogP contribution is 2.25. The molecule has 0 saturated heterocycles. The summed E-state index contributed by atoms with van der Waals surface area (Å²) in [5.74, 6) is 0.209. The third kappa shape index (κ3) is 4.97. The van der Waals surface area contributed by atoms with Crippen molar-refractivity contribution in [3.05, 3.63) is 45.6 Å². The van der Waals surface area contributed by atoms with E-state index in [0.29, 0.717) is 22.5 Å². The van der Waals surface area contributed by atoms with Gasteiger partial charge in [-0.3, -0.25) is 10.1 Å². The molecule has 0 fully saturated rings. The first-order valence-electron chi connectivity index (χ1n) is 7.68. The highest BCUT2D eigenvalue weighted by molar-refractivity contribution is 6.42. The molecule has 130 valence electrons. The SMILES string of the molecule is C[NH+](CC(=O)Nc1cc(C(C)(C)C)no1)Cc1cccc(Cl)c1Cl. The maximum Gasteiger partial charge on any atom is 0.281 e. The molecule has 1 heterocycles. The minimum Gasteiger partial charge on any atom is -0.338 e. The molecular formula is C17H22Cl2N3O2+. The van der Waals surface area contributed by atoms with E-state index < -0.39 is 0 Å². The zero-order chi connectivity index (χ0) is 17.9. The summed E-state index contributed by atoms with van der Waals surface area (Å²) in [6.45, 7) is 6.96. The van der Waals surface area contributed by atoms with Gasteiger partial charge in [-0.1, -0.05) is 61.3 Å². The second-order valence-corrected chi connectivity index (χ2v) is 7.68. The number of halogens is 2. The van der Waals surface area contributed by atoms with Gasteiger partial charge >= 0.3 is 0 Å². The van der Waals surface area contributed by atoms with Crippen LogP contribution in [0.25, 0.3) is 0 Å². The maximum atomic E-state index is 12.1. The second-order valence-electron chi connectivity index (χ2n) is 6.90. The number of anilines is 1. The summed E-state index contributed by atoms with van der Waals surface area (Å²) in [5, 5.41) is 7.76. The Morgan fingerprint density at radius 1 is 1.33 bits per heavy atom. The number of likely N-dealkylation sites (N-methyl/N-ethyl adjacent to an activating group) is 1. The lowest BCUT2D eigenvalue weighted by molar-refractivity contribution is -0.885. The van der Waals surface area contributed by atoms with Crippen LogP contribution in [0.1, 0.15) is 32.0 Å². The number of carbonyl (C=O) groups excluding carboxylic acids is 1. The first-order chi connectivity index (χ1) is 11.2. The minimum atomic E-state index is -0.151. The van der Waals surface area contributed by atoms with Gasteiger partial charge in [0.05, 0.1) is 22.8 Å². The number of quaternary nitrogens is 1. The lowest BCUT2D eigenvalue weighted by Crippen LogP contribution is -3.08. The summed E-state index contributed by atoms with van der Waals surface area (Å²) in [6.07, 6.45) is 0. The van der Waals surface area contributed by atoms with Gasteiger partial charge in [-0.05, 0) is 6.07 Å². The van der Waals surface area contributed by atoms with E-state index in [2.05, 4.69) is 10.5 Å².